The van der Waals surface area contributed by atoms with Crippen molar-refractivity contribution in [1.82, 2.24) is 25.4 Å². The molecule has 0 saturated carbocycles. The molecule has 3 aromatic heterocycles. The highest BCUT2D eigenvalue weighted by atomic mass is 35.5. The van der Waals surface area contributed by atoms with Gasteiger partial charge in [0.15, 0.2) is 5.01 Å². The van der Waals surface area contributed by atoms with Gasteiger partial charge in [-0.05, 0) is 42.0 Å². The van der Waals surface area contributed by atoms with Crippen LogP contribution < -0.4 is 10.6 Å². The zero-order valence-electron chi connectivity index (χ0n) is 16.8. The lowest BCUT2D eigenvalue weighted by molar-refractivity contribution is -0.115. The van der Waals surface area contributed by atoms with Crippen LogP contribution in [-0.2, 0) is 11.2 Å². The van der Waals surface area contributed by atoms with E-state index in [1.54, 1.807) is 36.5 Å². The van der Waals surface area contributed by atoms with Gasteiger partial charge in [0.2, 0.25) is 11.0 Å². The zero-order chi connectivity index (χ0) is 22.8. The molecule has 5 rings (SSSR count). The molecule has 0 unspecified atom stereocenters. The molecule has 33 heavy (non-hydrogen) atoms. The third kappa shape index (κ3) is 4.66. The van der Waals surface area contributed by atoms with Gasteiger partial charge in [-0.2, -0.15) is 5.10 Å². The number of nitrogens with one attached hydrogen (secondary N) is 3. The third-order valence-electron chi connectivity index (χ3n) is 4.74. The monoisotopic (exact) mass is 479 g/mol. The SMILES string of the molecule is O=C(Cc1ccc(F)cc1)Nc1cccc(-c2nnc(Nc3ccc4[nH]ncc4c3Cl)s2)n1. The molecule has 0 aliphatic heterocycles. The van der Waals surface area contributed by atoms with Crippen molar-refractivity contribution in [2.45, 2.75) is 6.42 Å². The lowest BCUT2D eigenvalue weighted by Crippen LogP contribution is -2.15. The summed E-state index contributed by atoms with van der Waals surface area (Å²) < 4.78 is 13.0. The minimum absolute atomic E-state index is 0.112. The van der Waals surface area contributed by atoms with Crippen LogP contribution in [0.2, 0.25) is 5.02 Å². The molecule has 0 aliphatic rings. The fraction of sp³-hybridized carbons (Fsp3) is 0.0455. The average Bonchev–Trinajstić information content (AvgIpc) is 3.48. The zero-order valence-corrected chi connectivity index (χ0v) is 18.4. The summed E-state index contributed by atoms with van der Waals surface area (Å²) in [4.78, 5) is 16.8. The third-order valence-corrected chi connectivity index (χ3v) is 6.01. The summed E-state index contributed by atoms with van der Waals surface area (Å²) in [7, 11) is 0. The average molecular weight is 480 g/mol. The van der Waals surface area contributed by atoms with Crippen molar-refractivity contribution in [3.8, 4) is 10.7 Å². The van der Waals surface area contributed by atoms with Crippen LogP contribution in [0.3, 0.4) is 0 Å². The number of hydrogen-bond acceptors (Lipinski definition) is 7. The van der Waals surface area contributed by atoms with E-state index in [1.807, 2.05) is 12.1 Å². The Morgan fingerprint density at radius 1 is 1.09 bits per heavy atom. The molecule has 0 aliphatic carbocycles. The summed E-state index contributed by atoms with van der Waals surface area (Å²) in [5, 5.41) is 23.6. The summed E-state index contributed by atoms with van der Waals surface area (Å²) in [5.74, 6) is -0.211. The van der Waals surface area contributed by atoms with E-state index in [0.29, 0.717) is 37.9 Å². The van der Waals surface area contributed by atoms with Gasteiger partial charge in [-0.3, -0.25) is 9.89 Å². The lowest BCUT2D eigenvalue weighted by atomic mass is 10.1. The first-order valence-corrected chi connectivity index (χ1v) is 11.0. The molecule has 0 bridgehead atoms. The molecule has 11 heteroatoms. The van der Waals surface area contributed by atoms with Crippen molar-refractivity contribution >= 4 is 56.4 Å². The summed E-state index contributed by atoms with van der Waals surface area (Å²) >= 11 is 7.76. The molecule has 3 heterocycles. The van der Waals surface area contributed by atoms with Crippen LogP contribution in [0.25, 0.3) is 21.6 Å². The molecule has 5 aromatic rings. The number of benzene rings is 2. The van der Waals surface area contributed by atoms with E-state index >= 15 is 0 Å². The van der Waals surface area contributed by atoms with Crippen molar-refractivity contribution < 1.29 is 9.18 Å². The van der Waals surface area contributed by atoms with E-state index in [9.17, 15) is 9.18 Å². The molecule has 164 valence electrons. The largest absolute Gasteiger partial charge is 0.329 e. The molecule has 8 nitrogen and oxygen atoms in total. The number of H-pyrrole nitrogens is 1. The highest BCUT2D eigenvalue weighted by molar-refractivity contribution is 7.18. The highest BCUT2D eigenvalue weighted by Gasteiger charge is 2.13. The van der Waals surface area contributed by atoms with E-state index in [0.717, 1.165) is 10.9 Å². The van der Waals surface area contributed by atoms with Crippen LogP contribution in [0.4, 0.5) is 21.0 Å². The fourth-order valence-electron chi connectivity index (χ4n) is 3.17. The van der Waals surface area contributed by atoms with Crippen LogP contribution in [0.5, 0.6) is 0 Å². The number of hydrogen-bond donors (Lipinski definition) is 3. The minimum Gasteiger partial charge on any atom is -0.329 e. The molecule has 0 saturated heterocycles. The maximum Gasteiger partial charge on any atom is 0.229 e. The number of amides is 1. The summed E-state index contributed by atoms with van der Waals surface area (Å²) in [6.45, 7) is 0. The Bertz CT molecular complexity index is 1450. The second-order valence-electron chi connectivity index (χ2n) is 7.06. The standard InChI is InChI=1S/C22H15ClFN7OS/c23-20-14-11-25-29-15(14)8-9-16(20)27-22-31-30-21(33-22)17-2-1-3-18(26-17)28-19(32)10-12-4-6-13(24)7-5-12/h1-9,11H,10H2,(H,25,29)(H,27,31)(H,26,28,32). The normalized spacial score (nSPS) is 11.0. The van der Waals surface area contributed by atoms with Crippen LogP contribution >= 0.6 is 22.9 Å². The summed E-state index contributed by atoms with van der Waals surface area (Å²) in [6.07, 6.45) is 1.77. The topological polar surface area (TPSA) is 108 Å². The van der Waals surface area contributed by atoms with Crippen molar-refractivity contribution in [2.75, 3.05) is 10.6 Å². The fourth-order valence-corrected chi connectivity index (χ4v) is 4.16. The first-order chi connectivity index (χ1) is 16.0. The summed E-state index contributed by atoms with van der Waals surface area (Å²) in [6, 6.07) is 14.7. The first kappa shape index (κ1) is 21.0. The van der Waals surface area contributed by atoms with Gasteiger partial charge in [0.05, 0.1) is 28.8 Å². The van der Waals surface area contributed by atoms with Crippen LogP contribution in [0, 0.1) is 5.82 Å². The maximum atomic E-state index is 13.0. The molecule has 0 radical (unpaired) electrons. The van der Waals surface area contributed by atoms with Gasteiger partial charge in [-0.1, -0.05) is 41.1 Å². The molecule has 3 N–H and O–H groups in total. The quantitative estimate of drug-likeness (QED) is 0.309. The van der Waals surface area contributed by atoms with Gasteiger partial charge in [0.1, 0.15) is 17.3 Å². The molecule has 1 amide bonds. The highest BCUT2D eigenvalue weighted by Crippen LogP contribution is 2.34. The Balaban J connectivity index is 1.29. The van der Waals surface area contributed by atoms with Crippen molar-refractivity contribution in [2.24, 2.45) is 0 Å². The smallest absolute Gasteiger partial charge is 0.229 e. The number of pyridine rings is 1. The number of carbonyl (C=O) groups is 1. The van der Waals surface area contributed by atoms with E-state index in [1.165, 1.54) is 23.5 Å². The predicted octanol–water partition coefficient (Wildman–Crippen LogP) is 5.19. The number of aromatic amines is 1. The van der Waals surface area contributed by atoms with E-state index in [-0.39, 0.29) is 18.1 Å². The van der Waals surface area contributed by atoms with Gasteiger partial charge in [0, 0.05) is 5.39 Å². The lowest BCUT2D eigenvalue weighted by Gasteiger charge is -2.06. The Labute approximate surface area is 195 Å². The van der Waals surface area contributed by atoms with E-state index < -0.39 is 0 Å². The van der Waals surface area contributed by atoms with Gasteiger partial charge in [-0.15, -0.1) is 10.2 Å². The summed E-state index contributed by atoms with van der Waals surface area (Å²) in [5.41, 5.74) is 2.79. The Hall–Kier alpha value is -3.89. The molecular weight excluding hydrogens is 465 g/mol. The molecule has 2 aromatic carbocycles. The maximum absolute atomic E-state index is 13.0. The second kappa shape index (κ2) is 8.93. The van der Waals surface area contributed by atoms with Crippen LogP contribution in [-0.4, -0.2) is 31.3 Å². The van der Waals surface area contributed by atoms with Crippen molar-refractivity contribution in [3.05, 3.63) is 77.2 Å². The van der Waals surface area contributed by atoms with Crippen molar-refractivity contribution in [3.63, 3.8) is 0 Å². The first-order valence-electron chi connectivity index (χ1n) is 9.79. The molecule has 0 spiro atoms. The minimum atomic E-state index is -0.344. The number of aromatic nitrogens is 5. The van der Waals surface area contributed by atoms with E-state index in [4.69, 9.17) is 11.6 Å². The number of anilines is 3. The molecule has 0 fully saturated rings. The number of fused-ring (bicyclic) bond motifs is 1. The van der Waals surface area contributed by atoms with Crippen LogP contribution in [0.1, 0.15) is 5.56 Å². The van der Waals surface area contributed by atoms with Gasteiger partial charge in [0.25, 0.3) is 0 Å². The Kier molecular flexibility index (Phi) is 5.68. The molecular formula is C22H15ClFN7OS. The van der Waals surface area contributed by atoms with Gasteiger partial charge in [-0.25, -0.2) is 9.37 Å². The molecule has 0 atom stereocenters. The van der Waals surface area contributed by atoms with Gasteiger partial charge >= 0.3 is 0 Å². The van der Waals surface area contributed by atoms with Crippen molar-refractivity contribution in [1.29, 1.82) is 0 Å². The van der Waals surface area contributed by atoms with Crippen LogP contribution in [0.15, 0.2) is 60.8 Å². The number of nitrogens with zero attached hydrogens (tertiary/aromatic N) is 4. The number of rotatable bonds is 6. The number of carbonyl (C=O) groups excluding carboxylic acids is 1. The van der Waals surface area contributed by atoms with Gasteiger partial charge < -0.3 is 10.6 Å². The van der Waals surface area contributed by atoms with E-state index in [2.05, 4.69) is 36.0 Å². The Morgan fingerprint density at radius 3 is 2.79 bits per heavy atom. The second-order valence-corrected chi connectivity index (χ2v) is 8.41. The predicted molar refractivity (Wildman–Crippen MR) is 126 cm³/mol. The Morgan fingerprint density at radius 2 is 1.94 bits per heavy atom. The number of halogens is 2.